The fourth-order valence-electron chi connectivity index (χ4n) is 5.28. The fourth-order valence-corrected chi connectivity index (χ4v) is 5.64. The molecule has 2 heterocycles. The number of fused-ring (bicyclic) bond motifs is 3. The maximum Gasteiger partial charge on any atom is 0.428 e. The molecule has 39 heavy (non-hydrogen) atoms. The van der Waals surface area contributed by atoms with Crippen molar-refractivity contribution in [1.29, 1.82) is 0 Å². The smallest absolute Gasteiger partial charge is 0.428 e. The molecule has 1 atom stereocenters. The van der Waals surface area contributed by atoms with E-state index >= 15 is 13.2 Å². The lowest BCUT2D eigenvalue weighted by Gasteiger charge is -2.43. The van der Waals surface area contributed by atoms with E-state index in [-0.39, 0.29) is 16.8 Å². The molecule has 0 saturated heterocycles. The van der Waals surface area contributed by atoms with E-state index in [1.165, 1.54) is 7.11 Å². The molecule has 0 amide bonds. The first-order valence-corrected chi connectivity index (χ1v) is 13.2. The standard InChI is InChI=1S/C29H31BrF3NO5/c1-16-8-10-20-18(12-16)23-21(34(20)25(36)39-26(2,3)4)14-28(29(31,32)33,38-24(23)35)15-27(5,6)19-13-17(30)9-11-22(19)37-7/h8-13H,14-15H2,1-7H3/t28-/m0/s1. The third-order valence-corrected chi connectivity index (χ3v) is 7.37. The Morgan fingerprint density at radius 3 is 2.36 bits per heavy atom. The van der Waals surface area contributed by atoms with Crippen LogP contribution in [0, 0.1) is 6.92 Å². The first-order chi connectivity index (χ1) is 17.9. The third kappa shape index (κ3) is 5.27. The number of halogens is 4. The van der Waals surface area contributed by atoms with Crippen molar-refractivity contribution in [2.45, 2.75) is 77.2 Å². The first-order valence-electron chi connectivity index (χ1n) is 12.4. The van der Waals surface area contributed by atoms with Crippen LogP contribution in [0.2, 0.25) is 0 Å². The van der Waals surface area contributed by atoms with Crippen molar-refractivity contribution in [3.63, 3.8) is 0 Å². The van der Waals surface area contributed by atoms with Gasteiger partial charge >= 0.3 is 18.2 Å². The number of hydrogen-bond acceptors (Lipinski definition) is 5. The minimum absolute atomic E-state index is 0.0581. The number of benzene rings is 2. The second-order valence-corrected chi connectivity index (χ2v) is 12.5. The summed E-state index contributed by atoms with van der Waals surface area (Å²) in [5.41, 5.74) is -3.59. The fraction of sp³-hybridized carbons (Fsp3) is 0.448. The number of carbonyl (C=O) groups is 2. The third-order valence-electron chi connectivity index (χ3n) is 6.88. The molecule has 10 heteroatoms. The molecule has 1 aliphatic rings. The van der Waals surface area contributed by atoms with Gasteiger partial charge in [0.1, 0.15) is 11.4 Å². The van der Waals surface area contributed by atoms with Gasteiger partial charge in [0.2, 0.25) is 5.60 Å². The highest BCUT2D eigenvalue weighted by molar-refractivity contribution is 9.10. The van der Waals surface area contributed by atoms with Gasteiger partial charge in [0.15, 0.2) is 0 Å². The number of carbonyl (C=O) groups excluding carboxylic acids is 2. The molecule has 3 aromatic rings. The molecule has 1 aliphatic heterocycles. The number of aryl methyl sites for hydroxylation is 1. The molecule has 0 radical (unpaired) electrons. The van der Waals surface area contributed by atoms with Crippen LogP contribution < -0.4 is 4.74 Å². The van der Waals surface area contributed by atoms with Gasteiger partial charge in [-0.2, -0.15) is 13.2 Å². The number of nitrogens with zero attached hydrogens (tertiary/aromatic N) is 1. The topological polar surface area (TPSA) is 66.8 Å². The summed E-state index contributed by atoms with van der Waals surface area (Å²) in [6.45, 7) is 10.1. The van der Waals surface area contributed by atoms with Crippen molar-refractivity contribution >= 4 is 38.9 Å². The van der Waals surface area contributed by atoms with Gasteiger partial charge in [-0.25, -0.2) is 14.2 Å². The molecular weight excluding hydrogens is 579 g/mol. The zero-order chi connectivity index (χ0) is 29.1. The molecular formula is C29H31BrF3NO5. The largest absolute Gasteiger partial charge is 0.496 e. The van der Waals surface area contributed by atoms with Gasteiger partial charge in [-0.1, -0.05) is 41.4 Å². The number of alkyl halides is 3. The van der Waals surface area contributed by atoms with E-state index < -0.39 is 47.7 Å². The lowest BCUT2D eigenvalue weighted by molar-refractivity contribution is -0.267. The van der Waals surface area contributed by atoms with E-state index in [0.717, 1.165) is 10.1 Å². The second-order valence-electron chi connectivity index (χ2n) is 11.6. The lowest BCUT2D eigenvalue weighted by Crippen LogP contribution is -2.56. The Kier molecular flexibility index (Phi) is 7.11. The minimum Gasteiger partial charge on any atom is -0.496 e. The van der Waals surface area contributed by atoms with E-state index in [0.29, 0.717) is 21.2 Å². The quantitative estimate of drug-likeness (QED) is 0.281. The minimum atomic E-state index is -4.96. The summed E-state index contributed by atoms with van der Waals surface area (Å²) in [5, 5.41) is 0.338. The second kappa shape index (κ2) is 9.57. The normalized spacial score (nSPS) is 18.1. The predicted octanol–water partition coefficient (Wildman–Crippen LogP) is 7.89. The molecule has 0 spiro atoms. The van der Waals surface area contributed by atoms with Crippen molar-refractivity contribution in [3.05, 3.63) is 63.3 Å². The van der Waals surface area contributed by atoms with E-state index in [2.05, 4.69) is 15.9 Å². The number of aromatic nitrogens is 1. The SMILES string of the molecule is COc1ccc(Br)cc1C(C)(C)C[C@]1(C(F)(F)F)Cc2c(c3cc(C)ccc3n2C(=O)OC(C)(C)C)C(=O)O1. The molecule has 0 aliphatic carbocycles. The van der Waals surface area contributed by atoms with Gasteiger partial charge in [-0.15, -0.1) is 0 Å². The Morgan fingerprint density at radius 2 is 1.77 bits per heavy atom. The zero-order valence-electron chi connectivity index (χ0n) is 22.9. The van der Waals surface area contributed by atoms with Gasteiger partial charge in [0, 0.05) is 34.0 Å². The predicted molar refractivity (Wildman–Crippen MR) is 145 cm³/mol. The average Bonchev–Trinajstić information content (AvgIpc) is 3.10. The maximum atomic E-state index is 15.1. The Balaban J connectivity index is 1.93. The summed E-state index contributed by atoms with van der Waals surface area (Å²) in [7, 11) is 1.44. The summed E-state index contributed by atoms with van der Waals surface area (Å²) >= 11 is 3.38. The molecule has 0 bridgehead atoms. The molecule has 0 fully saturated rings. The highest BCUT2D eigenvalue weighted by Crippen LogP contribution is 2.51. The van der Waals surface area contributed by atoms with E-state index in [9.17, 15) is 9.59 Å². The Labute approximate surface area is 233 Å². The van der Waals surface area contributed by atoms with Gasteiger partial charge in [-0.3, -0.25) is 0 Å². The number of methoxy groups -OCH3 is 1. The van der Waals surface area contributed by atoms with E-state index in [4.69, 9.17) is 14.2 Å². The maximum absolute atomic E-state index is 15.1. The lowest BCUT2D eigenvalue weighted by atomic mass is 9.72. The monoisotopic (exact) mass is 609 g/mol. The Morgan fingerprint density at radius 1 is 1.10 bits per heavy atom. The summed E-state index contributed by atoms with van der Waals surface area (Å²) < 4.78 is 63.3. The van der Waals surface area contributed by atoms with Gasteiger partial charge in [-0.05, 0) is 63.4 Å². The number of cyclic esters (lactones) is 1. The summed E-state index contributed by atoms with van der Waals surface area (Å²) in [6.07, 6.45) is -7.20. The summed E-state index contributed by atoms with van der Waals surface area (Å²) in [5.74, 6) is -0.731. The number of esters is 1. The number of hydrogen-bond donors (Lipinski definition) is 0. The molecule has 1 aromatic heterocycles. The van der Waals surface area contributed by atoms with E-state index in [1.54, 1.807) is 77.9 Å². The number of ether oxygens (including phenoxy) is 3. The van der Waals surface area contributed by atoms with Crippen LogP contribution in [0.4, 0.5) is 18.0 Å². The Hall–Kier alpha value is -3.01. The van der Waals surface area contributed by atoms with Crippen LogP contribution >= 0.6 is 15.9 Å². The van der Waals surface area contributed by atoms with Gasteiger partial charge < -0.3 is 14.2 Å². The summed E-state index contributed by atoms with van der Waals surface area (Å²) in [4.78, 5) is 26.8. The van der Waals surface area contributed by atoms with Crippen LogP contribution in [0.3, 0.4) is 0 Å². The van der Waals surface area contributed by atoms with Gasteiger partial charge in [0.25, 0.3) is 0 Å². The van der Waals surface area contributed by atoms with Crippen molar-refractivity contribution in [2.75, 3.05) is 7.11 Å². The van der Waals surface area contributed by atoms with Crippen LogP contribution in [-0.4, -0.2) is 41.1 Å². The molecule has 0 saturated carbocycles. The molecule has 210 valence electrons. The van der Waals surface area contributed by atoms with Crippen LogP contribution in [0.5, 0.6) is 5.75 Å². The van der Waals surface area contributed by atoms with E-state index in [1.807, 2.05) is 0 Å². The van der Waals surface area contributed by atoms with Crippen molar-refractivity contribution in [2.24, 2.45) is 0 Å². The first kappa shape index (κ1) is 29.0. The number of rotatable bonds is 4. The molecule has 0 N–H and O–H groups in total. The van der Waals surface area contributed by atoms with Gasteiger partial charge in [0.05, 0.1) is 18.2 Å². The van der Waals surface area contributed by atoms with Crippen LogP contribution in [0.25, 0.3) is 10.9 Å². The van der Waals surface area contributed by atoms with Crippen molar-refractivity contribution < 1.29 is 37.0 Å². The highest BCUT2D eigenvalue weighted by Gasteiger charge is 2.63. The van der Waals surface area contributed by atoms with Crippen LogP contribution in [0.15, 0.2) is 40.9 Å². The zero-order valence-corrected chi connectivity index (χ0v) is 24.5. The van der Waals surface area contributed by atoms with Crippen LogP contribution in [-0.2, 0) is 21.3 Å². The van der Waals surface area contributed by atoms with Crippen molar-refractivity contribution in [1.82, 2.24) is 4.57 Å². The molecule has 0 unspecified atom stereocenters. The van der Waals surface area contributed by atoms with Crippen molar-refractivity contribution in [3.8, 4) is 5.75 Å². The van der Waals surface area contributed by atoms with Crippen LogP contribution in [0.1, 0.15) is 68.2 Å². The molecule has 2 aromatic carbocycles. The highest BCUT2D eigenvalue weighted by atomic mass is 79.9. The Bertz CT molecular complexity index is 1470. The molecule has 4 rings (SSSR count). The molecule has 6 nitrogen and oxygen atoms in total. The average molecular weight is 610 g/mol. The summed E-state index contributed by atoms with van der Waals surface area (Å²) in [6, 6.07) is 10.1.